The minimum atomic E-state index is 0.880. The second kappa shape index (κ2) is 21.0. The fourth-order valence-corrected chi connectivity index (χ4v) is 3.94. The molecule has 0 fully saturated rings. The largest absolute Gasteiger partial charge is 0.0885 e. The average Bonchev–Trinajstić information content (AvgIpc) is 2.63. The molecule has 0 aliphatic rings. The van der Waals surface area contributed by atoms with Gasteiger partial charge < -0.3 is 0 Å². The van der Waals surface area contributed by atoms with Crippen molar-refractivity contribution in [1.29, 1.82) is 0 Å². The van der Waals surface area contributed by atoms with Crippen molar-refractivity contribution in [3.05, 3.63) is 12.2 Å². The van der Waals surface area contributed by atoms with Gasteiger partial charge in [-0.2, -0.15) is 0 Å². The Kier molecular flexibility index (Phi) is 20.8. The molecule has 0 N–H and O–H groups in total. The third kappa shape index (κ3) is 18.5. The van der Waals surface area contributed by atoms with Gasteiger partial charge in [0.05, 0.1) is 0 Å². The Hall–Kier alpha value is -0.260. The summed E-state index contributed by atoms with van der Waals surface area (Å²) >= 11 is 0. The van der Waals surface area contributed by atoms with Crippen LogP contribution in [0, 0.1) is 11.8 Å². The monoisotopic (exact) mass is 364 g/mol. The average molecular weight is 365 g/mol. The summed E-state index contributed by atoms with van der Waals surface area (Å²) in [5, 5.41) is 0. The van der Waals surface area contributed by atoms with Gasteiger partial charge in [0.2, 0.25) is 0 Å². The van der Waals surface area contributed by atoms with Crippen molar-refractivity contribution in [3.8, 4) is 0 Å². The summed E-state index contributed by atoms with van der Waals surface area (Å²) in [4.78, 5) is 0. The van der Waals surface area contributed by atoms with E-state index >= 15 is 0 Å². The molecule has 0 heteroatoms. The number of unbranched alkanes of at least 4 members (excludes halogenated alkanes) is 13. The molecular formula is C26H52. The highest BCUT2D eigenvalue weighted by molar-refractivity contribution is 4.81. The number of allylic oxidation sites excluding steroid dienone is 2. The van der Waals surface area contributed by atoms with Gasteiger partial charge in [0.1, 0.15) is 0 Å². The molecule has 0 aromatic heterocycles. The molecule has 0 amide bonds. The van der Waals surface area contributed by atoms with Gasteiger partial charge in [-0.25, -0.2) is 0 Å². The fraction of sp³-hybridized carbons (Fsp3) is 0.923. The predicted octanol–water partition coefficient (Wildman–Crippen LogP) is 9.88. The first-order chi connectivity index (χ1) is 12.7. The summed E-state index contributed by atoms with van der Waals surface area (Å²) in [5.41, 5.74) is 0. The maximum absolute atomic E-state index is 2.43. The van der Waals surface area contributed by atoms with Crippen LogP contribution in [0.25, 0.3) is 0 Å². The normalized spacial score (nSPS) is 13.1. The molecule has 156 valence electrons. The lowest BCUT2D eigenvalue weighted by atomic mass is 9.86. The van der Waals surface area contributed by atoms with Crippen LogP contribution in [0.4, 0.5) is 0 Å². The van der Waals surface area contributed by atoms with Crippen molar-refractivity contribution in [2.75, 3.05) is 0 Å². The first-order valence-electron chi connectivity index (χ1n) is 12.4. The van der Waals surface area contributed by atoms with Crippen molar-refractivity contribution in [2.45, 2.75) is 143 Å². The van der Waals surface area contributed by atoms with Crippen molar-refractivity contribution < 1.29 is 0 Å². The van der Waals surface area contributed by atoms with E-state index in [0.29, 0.717) is 0 Å². The molecule has 0 radical (unpaired) electrons. The SMILES string of the molecule is CCCCCCC/C=C/CCCCCCCCC(CCCCC)C(C)C. The molecule has 0 bridgehead atoms. The third-order valence-corrected chi connectivity index (χ3v) is 5.96. The molecule has 0 saturated carbocycles. The van der Waals surface area contributed by atoms with E-state index in [2.05, 4.69) is 39.8 Å². The zero-order valence-corrected chi connectivity index (χ0v) is 19.0. The Labute approximate surface area is 167 Å². The van der Waals surface area contributed by atoms with Gasteiger partial charge >= 0.3 is 0 Å². The molecule has 0 aliphatic heterocycles. The molecule has 0 aliphatic carbocycles. The number of hydrogen-bond donors (Lipinski definition) is 0. The minimum absolute atomic E-state index is 0.880. The van der Waals surface area contributed by atoms with Gasteiger partial charge in [-0.05, 0) is 37.5 Å². The third-order valence-electron chi connectivity index (χ3n) is 5.96. The summed E-state index contributed by atoms with van der Waals surface area (Å²) in [6, 6.07) is 0. The van der Waals surface area contributed by atoms with E-state index in [1.165, 1.54) is 116 Å². The zero-order valence-electron chi connectivity index (χ0n) is 19.0. The summed E-state index contributed by atoms with van der Waals surface area (Å²) in [7, 11) is 0. The van der Waals surface area contributed by atoms with Gasteiger partial charge in [-0.15, -0.1) is 0 Å². The van der Waals surface area contributed by atoms with Gasteiger partial charge in [0.25, 0.3) is 0 Å². The van der Waals surface area contributed by atoms with E-state index in [-0.39, 0.29) is 0 Å². The molecular weight excluding hydrogens is 312 g/mol. The second-order valence-electron chi connectivity index (χ2n) is 8.87. The summed E-state index contributed by atoms with van der Waals surface area (Å²) in [6.07, 6.45) is 30.4. The highest BCUT2D eigenvalue weighted by Crippen LogP contribution is 2.25. The van der Waals surface area contributed by atoms with Crippen LogP contribution >= 0.6 is 0 Å². The van der Waals surface area contributed by atoms with Crippen LogP contribution in [0.2, 0.25) is 0 Å². The van der Waals surface area contributed by atoms with E-state index in [4.69, 9.17) is 0 Å². The van der Waals surface area contributed by atoms with Crippen molar-refractivity contribution in [1.82, 2.24) is 0 Å². The van der Waals surface area contributed by atoms with Crippen molar-refractivity contribution in [3.63, 3.8) is 0 Å². The van der Waals surface area contributed by atoms with Crippen LogP contribution < -0.4 is 0 Å². The van der Waals surface area contributed by atoms with E-state index < -0.39 is 0 Å². The van der Waals surface area contributed by atoms with Gasteiger partial charge in [0, 0.05) is 0 Å². The smallest absolute Gasteiger partial charge is 0.0351 e. The van der Waals surface area contributed by atoms with Crippen LogP contribution in [0.3, 0.4) is 0 Å². The fourth-order valence-electron chi connectivity index (χ4n) is 3.94. The minimum Gasteiger partial charge on any atom is -0.0885 e. The predicted molar refractivity (Wildman–Crippen MR) is 122 cm³/mol. The quantitative estimate of drug-likeness (QED) is 0.149. The van der Waals surface area contributed by atoms with Crippen LogP contribution in [0.1, 0.15) is 143 Å². The van der Waals surface area contributed by atoms with Crippen LogP contribution in [-0.4, -0.2) is 0 Å². The van der Waals surface area contributed by atoms with E-state index in [1.54, 1.807) is 0 Å². The topological polar surface area (TPSA) is 0 Å². The molecule has 0 rings (SSSR count). The van der Waals surface area contributed by atoms with Crippen molar-refractivity contribution >= 4 is 0 Å². The Morgan fingerprint density at radius 2 is 0.885 bits per heavy atom. The number of hydrogen-bond acceptors (Lipinski definition) is 0. The molecule has 0 spiro atoms. The highest BCUT2D eigenvalue weighted by atomic mass is 14.2. The Morgan fingerprint density at radius 1 is 0.500 bits per heavy atom. The Balaban J connectivity index is 3.36. The van der Waals surface area contributed by atoms with E-state index in [9.17, 15) is 0 Å². The Morgan fingerprint density at radius 3 is 1.38 bits per heavy atom. The standard InChI is InChI=1S/C26H52/c1-5-7-9-10-11-12-13-14-15-16-17-18-19-20-22-24-26(25(3)4)23-21-8-6-2/h13-14,25-26H,5-12,15-24H2,1-4H3/b14-13+. The van der Waals surface area contributed by atoms with E-state index in [1.807, 2.05) is 0 Å². The van der Waals surface area contributed by atoms with E-state index in [0.717, 1.165) is 11.8 Å². The lowest BCUT2D eigenvalue weighted by Crippen LogP contribution is -2.08. The molecule has 1 atom stereocenters. The van der Waals surface area contributed by atoms with Crippen LogP contribution in [-0.2, 0) is 0 Å². The summed E-state index contributed by atoms with van der Waals surface area (Å²) in [5.74, 6) is 1.86. The first kappa shape index (κ1) is 25.7. The second-order valence-corrected chi connectivity index (χ2v) is 8.87. The highest BCUT2D eigenvalue weighted by Gasteiger charge is 2.12. The van der Waals surface area contributed by atoms with Crippen molar-refractivity contribution in [2.24, 2.45) is 11.8 Å². The van der Waals surface area contributed by atoms with Gasteiger partial charge in [0.15, 0.2) is 0 Å². The maximum Gasteiger partial charge on any atom is -0.0351 e. The molecule has 0 nitrogen and oxygen atoms in total. The molecule has 0 heterocycles. The van der Waals surface area contributed by atoms with Crippen LogP contribution in [0.15, 0.2) is 12.2 Å². The van der Waals surface area contributed by atoms with Gasteiger partial charge in [-0.1, -0.05) is 130 Å². The summed E-state index contributed by atoms with van der Waals surface area (Å²) < 4.78 is 0. The molecule has 1 unspecified atom stereocenters. The zero-order chi connectivity index (χ0) is 19.3. The number of rotatable bonds is 20. The summed E-state index contributed by atoms with van der Waals surface area (Å²) in [6.45, 7) is 9.45. The van der Waals surface area contributed by atoms with Gasteiger partial charge in [-0.3, -0.25) is 0 Å². The molecule has 26 heavy (non-hydrogen) atoms. The Bertz CT molecular complexity index is 276. The maximum atomic E-state index is 2.43. The lowest BCUT2D eigenvalue weighted by molar-refractivity contribution is 0.314. The molecule has 0 saturated heterocycles. The first-order valence-corrected chi connectivity index (χ1v) is 12.4. The molecule has 0 aromatic carbocycles. The molecule has 0 aromatic rings. The lowest BCUT2D eigenvalue weighted by Gasteiger charge is -2.20. The van der Waals surface area contributed by atoms with Crippen LogP contribution in [0.5, 0.6) is 0 Å².